The molecule has 6 heteroatoms. The molecule has 3 N–H and O–H groups in total. The van der Waals surface area contributed by atoms with Crippen molar-refractivity contribution in [1.29, 1.82) is 0 Å². The minimum atomic E-state index is -0.878. The minimum Gasteiger partial charge on any atom is -0.351 e. The number of imide groups is 1. The third-order valence-corrected chi connectivity index (χ3v) is 2.55. The summed E-state index contributed by atoms with van der Waals surface area (Å²) in [4.78, 5) is 23.7. The zero-order chi connectivity index (χ0) is 15.0. The predicted molar refractivity (Wildman–Crippen MR) is 72.9 cm³/mol. The van der Waals surface area contributed by atoms with E-state index in [1.165, 1.54) is 12.1 Å². The van der Waals surface area contributed by atoms with E-state index in [2.05, 4.69) is 5.92 Å². The topological polar surface area (TPSA) is 75.4 Å². The van der Waals surface area contributed by atoms with Crippen molar-refractivity contribution in [2.45, 2.75) is 13.0 Å². The maximum absolute atomic E-state index is 12.8. The first kappa shape index (κ1) is 15.7. The van der Waals surface area contributed by atoms with Crippen LogP contribution in [0.1, 0.15) is 12.0 Å². The van der Waals surface area contributed by atoms with E-state index in [-0.39, 0.29) is 12.2 Å². The number of nitrogens with one attached hydrogen (secondary N) is 1. The molecule has 3 amide bonds. The molecule has 0 atom stereocenters. The molecule has 1 aromatic rings. The van der Waals surface area contributed by atoms with Gasteiger partial charge in [0.15, 0.2) is 0 Å². The van der Waals surface area contributed by atoms with Crippen molar-refractivity contribution in [3.63, 3.8) is 0 Å². The van der Waals surface area contributed by atoms with Crippen molar-refractivity contribution in [1.82, 2.24) is 10.2 Å². The van der Waals surface area contributed by atoms with Crippen LogP contribution in [0.15, 0.2) is 24.3 Å². The van der Waals surface area contributed by atoms with Crippen LogP contribution in [0.2, 0.25) is 0 Å². The first-order valence-electron chi connectivity index (χ1n) is 6.01. The van der Waals surface area contributed by atoms with Crippen molar-refractivity contribution in [3.05, 3.63) is 35.6 Å². The van der Waals surface area contributed by atoms with Crippen molar-refractivity contribution in [3.8, 4) is 12.3 Å². The van der Waals surface area contributed by atoms with E-state index < -0.39 is 11.9 Å². The summed E-state index contributed by atoms with van der Waals surface area (Å²) >= 11 is 0. The second-order valence-electron chi connectivity index (χ2n) is 4.20. The number of carbonyl (C=O) groups is 2. The van der Waals surface area contributed by atoms with E-state index in [1.54, 1.807) is 12.1 Å². The number of terminal acetylenes is 1. The first-order valence-corrected chi connectivity index (χ1v) is 6.01. The third kappa shape index (κ3) is 5.98. The quantitative estimate of drug-likeness (QED) is 0.757. The molecular weight excluding hydrogens is 261 g/mol. The molecule has 1 rings (SSSR count). The Hall–Kier alpha value is -2.39. The fourth-order valence-corrected chi connectivity index (χ4v) is 1.65. The Morgan fingerprint density at radius 2 is 2.00 bits per heavy atom. The second-order valence-corrected chi connectivity index (χ2v) is 4.20. The van der Waals surface area contributed by atoms with Gasteiger partial charge in [-0.1, -0.05) is 18.1 Å². The molecule has 0 unspecified atom stereocenters. The normalized spacial score (nSPS) is 10.1. The van der Waals surface area contributed by atoms with E-state index in [9.17, 15) is 14.0 Å². The van der Waals surface area contributed by atoms with Gasteiger partial charge in [-0.15, -0.1) is 6.42 Å². The summed E-state index contributed by atoms with van der Waals surface area (Å²) in [6, 6.07) is 5.16. The zero-order valence-electron chi connectivity index (χ0n) is 10.9. The number of urea groups is 1. The van der Waals surface area contributed by atoms with Gasteiger partial charge < -0.3 is 5.73 Å². The summed E-state index contributed by atoms with van der Waals surface area (Å²) in [5.74, 6) is 1.73. The molecule has 0 aliphatic heterocycles. The Morgan fingerprint density at radius 1 is 1.35 bits per heavy atom. The van der Waals surface area contributed by atoms with Crippen LogP contribution in [0.5, 0.6) is 0 Å². The molecule has 106 valence electrons. The number of halogens is 1. The summed E-state index contributed by atoms with van der Waals surface area (Å²) in [7, 11) is 0. The zero-order valence-corrected chi connectivity index (χ0v) is 10.9. The molecule has 0 saturated heterocycles. The lowest BCUT2D eigenvalue weighted by Gasteiger charge is -2.19. The Labute approximate surface area is 116 Å². The molecule has 0 heterocycles. The number of hydrogen-bond donors (Lipinski definition) is 2. The first-order chi connectivity index (χ1) is 9.51. The summed E-state index contributed by atoms with van der Waals surface area (Å²) in [6.07, 6.45) is 5.37. The lowest BCUT2D eigenvalue weighted by Crippen LogP contribution is -2.37. The summed E-state index contributed by atoms with van der Waals surface area (Å²) < 4.78 is 12.8. The van der Waals surface area contributed by atoms with Gasteiger partial charge in [0.1, 0.15) is 5.82 Å². The minimum absolute atomic E-state index is 0.103. The van der Waals surface area contributed by atoms with Crippen LogP contribution in [0.4, 0.5) is 9.18 Å². The Kier molecular flexibility index (Phi) is 6.20. The average molecular weight is 277 g/mol. The molecule has 0 aliphatic rings. The molecule has 0 aromatic heterocycles. The molecule has 0 saturated carbocycles. The fraction of sp³-hybridized carbons (Fsp3) is 0.286. The van der Waals surface area contributed by atoms with Gasteiger partial charge in [0.25, 0.3) is 0 Å². The van der Waals surface area contributed by atoms with Crippen LogP contribution in [-0.2, 0) is 11.3 Å². The van der Waals surface area contributed by atoms with Gasteiger partial charge in [0.05, 0.1) is 6.54 Å². The highest BCUT2D eigenvalue weighted by molar-refractivity contribution is 5.93. The Morgan fingerprint density at radius 3 is 2.55 bits per heavy atom. The van der Waals surface area contributed by atoms with Gasteiger partial charge >= 0.3 is 6.03 Å². The van der Waals surface area contributed by atoms with Crippen LogP contribution < -0.4 is 11.1 Å². The molecule has 0 bridgehead atoms. The second kappa shape index (κ2) is 7.92. The monoisotopic (exact) mass is 277 g/mol. The van der Waals surface area contributed by atoms with E-state index >= 15 is 0 Å². The number of hydrogen-bond acceptors (Lipinski definition) is 3. The van der Waals surface area contributed by atoms with E-state index in [4.69, 9.17) is 12.2 Å². The molecular formula is C14H16FN3O2. The van der Waals surface area contributed by atoms with Crippen LogP contribution in [0.25, 0.3) is 0 Å². The van der Waals surface area contributed by atoms with Crippen molar-refractivity contribution in [2.75, 3.05) is 13.1 Å². The average Bonchev–Trinajstić information content (AvgIpc) is 2.38. The van der Waals surface area contributed by atoms with E-state index in [1.807, 2.05) is 10.2 Å². The third-order valence-electron chi connectivity index (χ3n) is 2.55. The Balaban J connectivity index is 2.52. The maximum Gasteiger partial charge on any atom is 0.318 e. The molecule has 0 spiro atoms. The van der Waals surface area contributed by atoms with Crippen LogP contribution in [0, 0.1) is 18.2 Å². The number of rotatable bonds is 6. The number of carbonyl (C=O) groups excluding carboxylic acids is 2. The highest BCUT2D eigenvalue weighted by Gasteiger charge is 2.09. The largest absolute Gasteiger partial charge is 0.351 e. The van der Waals surface area contributed by atoms with Crippen LogP contribution in [0.3, 0.4) is 0 Å². The molecule has 5 nitrogen and oxygen atoms in total. The molecule has 1 aromatic carbocycles. The van der Waals surface area contributed by atoms with Gasteiger partial charge in [0, 0.05) is 19.5 Å². The molecule has 0 radical (unpaired) electrons. The highest BCUT2D eigenvalue weighted by atomic mass is 19.1. The number of nitrogens with zero attached hydrogens (tertiary/aromatic N) is 1. The molecule has 0 aliphatic carbocycles. The van der Waals surface area contributed by atoms with Crippen molar-refractivity contribution >= 4 is 11.9 Å². The number of nitrogens with two attached hydrogens (primary N) is 1. The Bertz CT molecular complexity index is 508. The van der Waals surface area contributed by atoms with Crippen LogP contribution >= 0.6 is 0 Å². The summed E-state index contributed by atoms with van der Waals surface area (Å²) in [6.45, 7) is 1.22. The lowest BCUT2D eigenvalue weighted by atomic mass is 10.2. The lowest BCUT2D eigenvalue weighted by molar-refractivity contribution is -0.120. The maximum atomic E-state index is 12.8. The number of benzene rings is 1. The summed E-state index contributed by atoms with van der Waals surface area (Å²) in [5, 5.41) is 1.98. The smallest absolute Gasteiger partial charge is 0.318 e. The number of primary amides is 1. The van der Waals surface area contributed by atoms with Gasteiger partial charge in [-0.05, 0) is 17.7 Å². The molecule has 0 fully saturated rings. The highest BCUT2D eigenvalue weighted by Crippen LogP contribution is 2.07. The summed E-state index contributed by atoms with van der Waals surface area (Å²) in [5.41, 5.74) is 5.73. The molecule has 20 heavy (non-hydrogen) atoms. The van der Waals surface area contributed by atoms with Gasteiger partial charge in [-0.25, -0.2) is 9.18 Å². The number of amides is 3. The predicted octanol–water partition coefficient (Wildman–Crippen LogP) is 0.846. The van der Waals surface area contributed by atoms with Gasteiger partial charge in [0.2, 0.25) is 5.91 Å². The van der Waals surface area contributed by atoms with Crippen LogP contribution in [-0.4, -0.2) is 29.9 Å². The fourth-order valence-electron chi connectivity index (χ4n) is 1.65. The van der Waals surface area contributed by atoms with Crippen molar-refractivity contribution in [2.24, 2.45) is 5.73 Å². The van der Waals surface area contributed by atoms with Gasteiger partial charge in [-0.2, -0.15) is 0 Å². The van der Waals surface area contributed by atoms with E-state index in [0.29, 0.717) is 19.6 Å². The van der Waals surface area contributed by atoms with Crippen molar-refractivity contribution < 1.29 is 14.0 Å². The standard InChI is InChI=1S/C14H16FN3O2/c1-2-8-18(9-7-13(19)17-14(16)20)10-11-3-5-12(15)6-4-11/h1,3-6H,7-10H2,(H3,16,17,19,20). The van der Waals surface area contributed by atoms with Gasteiger partial charge in [-0.3, -0.25) is 15.0 Å². The SMILES string of the molecule is C#CCN(CCC(=O)NC(N)=O)Cc1ccc(F)cc1. The van der Waals surface area contributed by atoms with E-state index in [0.717, 1.165) is 5.56 Å².